The van der Waals surface area contributed by atoms with Gasteiger partial charge in [0.15, 0.2) is 0 Å². The summed E-state index contributed by atoms with van der Waals surface area (Å²) in [5.41, 5.74) is 2.12. The molecule has 1 aliphatic rings. The molecule has 8 heteroatoms. The summed E-state index contributed by atoms with van der Waals surface area (Å²) in [5.74, 6) is 0.831. The minimum Gasteiger partial charge on any atom is -0.496 e. The van der Waals surface area contributed by atoms with Gasteiger partial charge in [0.25, 0.3) is 5.91 Å². The predicted molar refractivity (Wildman–Crippen MR) is 129 cm³/mol. The molecule has 178 valence electrons. The van der Waals surface area contributed by atoms with Gasteiger partial charge in [-0.2, -0.15) is 0 Å². The van der Waals surface area contributed by atoms with Gasteiger partial charge >= 0.3 is 5.97 Å². The maximum absolute atomic E-state index is 12.6. The first-order valence-electron chi connectivity index (χ1n) is 11.2. The average Bonchev–Trinajstić information content (AvgIpc) is 2.83. The van der Waals surface area contributed by atoms with E-state index < -0.39 is 0 Å². The summed E-state index contributed by atoms with van der Waals surface area (Å²) in [5, 5.41) is 4.07. The molecule has 0 aliphatic heterocycles. The summed E-state index contributed by atoms with van der Waals surface area (Å²) in [4.78, 5) is 28.7. The van der Waals surface area contributed by atoms with Gasteiger partial charge in [-0.15, -0.1) is 0 Å². The molecule has 0 spiro atoms. The highest BCUT2D eigenvalue weighted by atomic mass is 35.5. The van der Waals surface area contributed by atoms with Gasteiger partial charge in [-0.25, -0.2) is 0 Å². The molecule has 0 saturated heterocycles. The molecule has 1 heterocycles. The average molecular weight is 493 g/mol. The highest BCUT2D eigenvalue weighted by Gasteiger charge is 2.27. The number of amides is 1. The second-order valence-corrected chi connectivity index (χ2v) is 9.44. The van der Waals surface area contributed by atoms with Gasteiger partial charge in [0.2, 0.25) is 0 Å². The Labute approximate surface area is 205 Å². The Balaban J connectivity index is 1.56. The lowest BCUT2D eigenvalue weighted by Gasteiger charge is -2.27. The van der Waals surface area contributed by atoms with Crippen LogP contribution in [0.2, 0.25) is 10.0 Å². The van der Waals surface area contributed by atoms with Crippen molar-refractivity contribution in [1.82, 2.24) is 10.3 Å². The van der Waals surface area contributed by atoms with Crippen molar-refractivity contribution in [2.75, 3.05) is 20.8 Å². The van der Waals surface area contributed by atoms with Crippen LogP contribution < -0.4 is 10.1 Å². The maximum Gasteiger partial charge on any atom is 0.308 e. The summed E-state index contributed by atoms with van der Waals surface area (Å²) in [7, 11) is 3.05. The lowest BCUT2D eigenvalue weighted by molar-refractivity contribution is -0.146. The van der Waals surface area contributed by atoms with Crippen molar-refractivity contribution >= 4 is 35.1 Å². The normalized spacial score (nSPS) is 18.9. The van der Waals surface area contributed by atoms with Crippen LogP contribution in [0.1, 0.15) is 60.1 Å². The maximum atomic E-state index is 12.6. The number of esters is 1. The standard InChI is InChI=1S/C25H30Cl2N2O4/c1-15(20-12-19(26)8-9-23(20)32-2)10-22-21(27)11-18(14-28-22)24(30)29-13-16-4-6-17(7-5-16)25(31)33-3/h8-9,11-12,14-17H,4-7,10,13H2,1-3H3,(H,29,30)/t15?,16-,17-. The van der Waals surface area contributed by atoms with E-state index in [1.807, 2.05) is 12.1 Å². The molecule has 1 atom stereocenters. The first kappa shape index (κ1) is 25.3. The summed E-state index contributed by atoms with van der Waals surface area (Å²) >= 11 is 12.6. The number of rotatable bonds is 8. The number of hydrogen-bond acceptors (Lipinski definition) is 5. The van der Waals surface area contributed by atoms with Crippen molar-refractivity contribution in [2.24, 2.45) is 11.8 Å². The third-order valence-electron chi connectivity index (χ3n) is 6.33. The zero-order valence-corrected chi connectivity index (χ0v) is 20.7. The molecule has 1 aromatic heterocycles. The smallest absolute Gasteiger partial charge is 0.308 e. The number of pyridine rings is 1. The van der Waals surface area contributed by atoms with Crippen LogP contribution in [0.15, 0.2) is 30.5 Å². The van der Waals surface area contributed by atoms with Crippen molar-refractivity contribution in [3.05, 3.63) is 57.3 Å². The number of nitrogens with zero attached hydrogens (tertiary/aromatic N) is 1. The fourth-order valence-corrected chi connectivity index (χ4v) is 4.76. The van der Waals surface area contributed by atoms with Crippen molar-refractivity contribution in [3.8, 4) is 5.75 Å². The van der Waals surface area contributed by atoms with Gasteiger partial charge < -0.3 is 14.8 Å². The molecule has 33 heavy (non-hydrogen) atoms. The monoisotopic (exact) mass is 492 g/mol. The number of nitrogens with one attached hydrogen (secondary N) is 1. The molecular formula is C25H30Cl2N2O4. The lowest BCUT2D eigenvalue weighted by atomic mass is 9.82. The Hall–Kier alpha value is -2.31. The molecule has 1 saturated carbocycles. The van der Waals surface area contributed by atoms with Crippen molar-refractivity contribution < 1.29 is 19.1 Å². The first-order chi connectivity index (χ1) is 15.8. The number of aromatic nitrogens is 1. The molecule has 1 N–H and O–H groups in total. The highest BCUT2D eigenvalue weighted by molar-refractivity contribution is 6.31. The van der Waals surface area contributed by atoms with E-state index in [1.54, 1.807) is 25.4 Å². The van der Waals surface area contributed by atoms with E-state index in [1.165, 1.54) is 7.11 Å². The van der Waals surface area contributed by atoms with Crippen molar-refractivity contribution in [1.29, 1.82) is 0 Å². The van der Waals surface area contributed by atoms with Crippen LogP contribution in [0.5, 0.6) is 5.75 Å². The third kappa shape index (κ3) is 6.61. The van der Waals surface area contributed by atoms with Gasteiger partial charge in [-0.3, -0.25) is 14.6 Å². The van der Waals surface area contributed by atoms with Crippen molar-refractivity contribution in [3.63, 3.8) is 0 Å². The fourth-order valence-electron chi connectivity index (χ4n) is 4.34. The minimum absolute atomic E-state index is 0.0215. The highest BCUT2D eigenvalue weighted by Crippen LogP contribution is 2.33. The number of carbonyl (C=O) groups is 2. The Morgan fingerprint density at radius 2 is 1.88 bits per heavy atom. The number of methoxy groups -OCH3 is 2. The molecule has 2 aromatic rings. The zero-order chi connectivity index (χ0) is 24.0. The lowest BCUT2D eigenvalue weighted by Crippen LogP contribution is -2.32. The van der Waals surface area contributed by atoms with E-state index in [4.69, 9.17) is 32.7 Å². The SMILES string of the molecule is COc1ccc(Cl)cc1C(C)Cc1ncc(C(=O)NC[C@H]2CC[C@H](C(=O)OC)CC2)cc1Cl. The molecule has 0 radical (unpaired) electrons. The molecule has 1 amide bonds. The summed E-state index contributed by atoms with van der Waals surface area (Å²) < 4.78 is 10.3. The fraction of sp³-hybridized carbons (Fsp3) is 0.480. The summed E-state index contributed by atoms with van der Waals surface area (Å²) in [6, 6.07) is 7.19. The van der Waals surface area contributed by atoms with Gasteiger partial charge in [0.05, 0.1) is 36.4 Å². The van der Waals surface area contributed by atoms with Crippen LogP contribution >= 0.6 is 23.2 Å². The zero-order valence-electron chi connectivity index (χ0n) is 19.2. The van der Waals surface area contributed by atoms with E-state index >= 15 is 0 Å². The topological polar surface area (TPSA) is 77.5 Å². The molecule has 6 nitrogen and oxygen atoms in total. The van der Waals surface area contributed by atoms with E-state index in [-0.39, 0.29) is 23.7 Å². The number of ether oxygens (including phenoxy) is 2. The Bertz CT molecular complexity index is 990. The van der Waals surface area contributed by atoms with Gasteiger partial charge in [0.1, 0.15) is 5.75 Å². The van der Waals surface area contributed by atoms with Gasteiger partial charge in [0, 0.05) is 17.8 Å². The summed E-state index contributed by atoms with van der Waals surface area (Å²) in [6.45, 7) is 2.62. The molecule has 0 bridgehead atoms. The van der Waals surface area contributed by atoms with Crippen LogP contribution in [0.25, 0.3) is 0 Å². The second kappa shape index (κ2) is 11.7. The van der Waals surface area contributed by atoms with E-state index in [0.29, 0.717) is 40.2 Å². The molecule has 1 aliphatic carbocycles. The van der Waals surface area contributed by atoms with E-state index in [9.17, 15) is 9.59 Å². The quantitative estimate of drug-likeness (QED) is 0.495. The van der Waals surface area contributed by atoms with Crippen LogP contribution in [0.3, 0.4) is 0 Å². The number of carbonyl (C=O) groups excluding carboxylic acids is 2. The molecule has 3 rings (SSSR count). The Kier molecular flexibility index (Phi) is 8.98. The Morgan fingerprint density at radius 1 is 1.15 bits per heavy atom. The Morgan fingerprint density at radius 3 is 2.52 bits per heavy atom. The number of benzene rings is 1. The molecule has 1 unspecified atom stereocenters. The van der Waals surface area contributed by atoms with Crippen molar-refractivity contribution in [2.45, 2.75) is 44.9 Å². The van der Waals surface area contributed by atoms with Gasteiger partial charge in [-0.1, -0.05) is 30.1 Å². The van der Waals surface area contributed by atoms with Gasteiger partial charge in [-0.05, 0) is 73.8 Å². The third-order valence-corrected chi connectivity index (χ3v) is 6.90. The largest absolute Gasteiger partial charge is 0.496 e. The molecule has 1 aromatic carbocycles. The first-order valence-corrected chi connectivity index (χ1v) is 11.9. The minimum atomic E-state index is -0.199. The predicted octanol–water partition coefficient (Wildman–Crippen LogP) is 5.45. The second-order valence-electron chi connectivity index (χ2n) is 8.59. The van der Waals surface area contributed by atoms with E-state index in [0.717, 1.165) is 37.0 Å². The summed E-state index contributed by atoms with van der Waals surface area (Å²) in [6.07, 6.45) is 5.52. The molecular weight excluding hydrogens is 463 g/mol. The molecule has 1 fully saturated rings. The van der Waals surface area contributed by atoms with Crippen LogP contribution in [-0.4, -0.2) is 37.6 Å². The number of halogens is 2. The van der Waals surface area contributed by atoms with E-state index in [2.05, 4.69) is 17.2 Å². The van der Waals surface area contributed by atoms with Crippen LogP contribution in [0, 0.1) is 11.8 Å². The van der Waals surface area contributed by atoms with Crippen LogP contribution in [0.4, 0.5) is 0 Å². The number of hydrogen-bond donors (Lipinski definition) is 1. The van der Waals surface area contributed by atoms with Crippen LogP contribution in [-0.2, 0) is 16.0 Å².